The zero-order valence-electron chi connectivity index (χ0n) is 13.6. The van der Waals surface area contributed by atoms with Crippen LogP contribution >= 0.6 is 0 Å². The molecule has 3 rings (SSSR count). The molecule has 0 atom stereocenters. The fraction of sp³-hybridized carbons (Fsp3) is 0.200. The molecule has 1 aromatic heterocycles. The third kappa shape index (κ3) is 3.02. The zero-order valence-corrected chi connectivity index (χ0v) is 13.6. The Morgan fingerprint density at radius 1 is 1.04 bits per heavy atom. The summed E-state index contributed by atoms with van der Waals surface area (Å²) in [7, 11) is 0. The molecule has 0 saturated heterocycles. The molecule has 0 bridgehead atoms. The average molecular weight is 302 g/mol. The number of hydrogen-bond donors (Lipinski definition) is 0. The molecule has 114 valence electrons. The molecule has 3 aromatic rings. The predicted octanol–water partition coefficient (Wildman–Crippen LogP) is 4.73. The Hall–Kier alpha value is -2.86. The van der Waals surface area contributed by atoms with E-state index < -0.39 is 0 Å². The van der Waals surface area contributed by atoms with Crippen LogP contribution in [0.5, 0.6) is 0 Å². The van der Waals surface area contributed by atoms with Crippen molar-refractivity contribution in [3.05, 3.63) is 76.2 Å². The van der Waals surface area contributed by atoms with E-state index in [1.165, 1.54) is 16.7 Å². The average Bonchev–Trinajstić information content (AvgIpc) is 2.89. The molecule has 0 N–H and O–H groups in total. The normalized spacial score (nSPS) is 10.5. The van der Waals surface area contributed by atoms with E-state index in [1.807, 2.05) is 38.1 Å². The molecule has 23 heavy (non-hydrogen) atoms. The largest absolute Gasteiger partial charge is 0.361 e. The Balaban J connectivity index is 1.96. The van der Waals surface area contributed by atoms with Crippen LogP contribution in [-0.4, -0.2) is 5.16 Å². The predicted molar refractivity (Wildman–Crippen MR) is 90.1 cm³/mol. The summed E-state index contributed by atoms with van der Waals surface area (Å²) >= 11 is 0. The minimum absolute atomic E-state index is 0.690. The van der Waals surface area contributed by atoms with Crippen molar-refractivity contribution in [2.45, 2.75) is 27.2 Å². The summed E-state index contributed by atoms with van der Waals surface area (Å²) in [6.07, 6.45) is 0.842. The molecule has 0 spiro atoms. The molecule has 0 aliphatic rings. The Morgan fingerprint density at radius 2 is 1.78 bits per heavy atom. The van der Waals surface area contributed by atoms with Crippen molar-refractivity contribution in [2.24, 2.45) is 0 Å². The first-order valence-corrected chi connectivity index (χ1v) is 7.60. The van der Waals surface area contributed by atoms with Crippen molar-refractivity contribution >= 4 is 0 Å². The molecule has 0 aliphatic carbocycles. The van der Waals surface area contributed by atoms with Gasteiger partial charge in [0.05, 0.1) is 17.3 Å². The minimum Gasteiger partial charge on any atom is -0.361 e. The van der Waals surface area contributed by atoms with Crippen LogP contribution in [0, 0.1) is 32.1 Å². The van der Waals surface area contributed by atoms with Gasteiger partial charge in [0.2, 0.25) is 0 Å². The lowest BCUT2D eigenvalue weighted by Crippen LogP contribution is -1.94. The summed E-state index contributed by atoms with van der Waals surface area (Å²) in [5.74, 6) is 0.843. The van der Waals surface area contributed by atoms with Crippen LogP contribution in [-0.2, 0) is 6.42 Å². The van der Waals surface area contributed by atoms with Gasteiger partial charge in [0, 0.05) is 5.56 Å². The van der Waals surface area contributed by atoms with E-state index in [9.17, 15) is 0 Å². The molecule has 0 unspecified atom stereocenters. The van der Waals surface area contributed by atoms with E-state index in [0.717, 1.165) is 29.0 Å². The van der Waals surface area contributed by atoms with Crippen LogP contribution in [0.4, 0.5) is 0 Å². The Labute approximate surface area is 136 Å². The van der Waals surface area contributed by atoms with Gasteiger partial charge in [-0.3, -0.25) is 0 Å². The number of rotatable bonds is 3. The number of benzene rings is 2. The van der Waals surface area contributed by atoms with Crippen molar-refractivity contribution in [3.63, 3.8) is 0 Å². The van der Waals surface area contributed by atoms with Crippen molar-refractivity contribution in [3.8, 4) is 17.2 Å². The lowest BCUT2D eigenvalue weighted by Gasteiger charge is -2.09. The standard InChI is InChI=1S/C20H18N2O/c1-13-4-9-18(20-14(2)22-23-15(20)3)11-19(13)10-16-5-7-17(12-21)8-6-16/h4-9,11H,10H2,1-3H3. The monoisotopic (exact) mass is 302 g/mol. The third-order valence-electron chi connectivity index (χ3n) is 4.15. The van der Waals surface area contributed by atoms with Crippen molar-refractivity contribution in [2.75, 3.05) is 0 Å². The highest BCUT2D eigenvalue weighted by molar-refractivity contribution is 5.69. The zero-order chi connectivity index (χ0) is 16.4. The first-order valence-electron chi connectivity index (χ1n) is 7.60. The number of nitrogens with zero attached hydrogens (tertiary/aromatic N) is 2. The minimum atomic E-state index is 0.690. The maximum Gasteiger partial charge on any atom is 0.141 e. The molecule has 0 fully saturated rings. The topological polar surface area (TPSA) is 49.8 Å². The molecule has 0 radical (unpaired) electrons. The smallest absolute Gasteiger partial charge is 0.141 e. The molecular formula is C20H18N2O. The summed E-state index contributed by atoms with van der Waals surface area (Å²) in [5.41, 5.74) is 7.53. The lowest BCUT2D eigenvalue weighted by atomic mass is 9.94. The number of nitriles is 1. The van der Waals surface area contributed by atoms with Crippen LogP contribution < -0.4 is 0 Å². The fourth-order valence-corrected chi connectivity index (χ4v) is 2.83. The first kappa shape index (κ1) is 15.1. The van der Waals surface area contributed by atoms with Gasteiger partial charge in [-0.05, 0) is 61.6 Å². The third-order valence-corrected chi connectivity index (χ3v) is 4.15. The van der Waals surface area contributed by atoms with Gasteiger partial charge in [0.1, 0.15) is 5.76 Å². The number of aromatic nitrogens is 1. The van der Waals surface area contributed by atoms with E-state index >= 15 is 0 Å². The highest BCUT2D eigenvalue weighted by Gasteiger charge is 2.12. The van der Waals surface area contributed by atoms with Gasteiger partial charge in [-0.15, -0.1) is 0 Å². The first-order chi connectivity index (χ1) is 11.1. The fourth-order valence-electron chi connectivity index (χ4n) is 2.83. The van der Waals surface area contributed by atoms with E-state index in [0.29, 0.717) is 5.56 Å². The lowest BCUT2D eigenvalue weighted by molar-refractivity contribution is 0.393. The molecule has 0 amide bonds. The molecule has 3 nitrogen and oxygen atoms in total. The summed E-state index contributed by atoms with van der Waals surface area (Å²) in [6.45, 7) is 6.03. The molecule has 0 aliphatic heterocycles. The summed E-state index contributed by atoms with van der Waals surface area (Å²) in [5, 5.41) is 12.9. The maximum absolute atomic E-state index is 8.89. The van der Waals surface area contributed by atoms with Gasteiger partial charge in [0.15, 0.2) is 0 Å². The number of hydrogen-bond acceptors (Lipinski definition) is 3. The molecular weight excluding hydrogens is 284 g/mol. The summed E-state index contributed by atoms with van der Waals surface area (Å²) < 4.78 is 5.28. The highest BCUT2D eigenvalue weighted by atomic mass is 16.5. The SMILES string of the molecule is Cc1ccc(-c2c(C)noc2C)cc1Cc1ccc(C#N)cc1. The quantitative estimate of drug-likeness (QED) is 0.702. The second kappa shape index (κ2) is 6.10. The summed E-state index contributed by atoms with van der Waals surface area (Å²) in [6, 6.07) is 16.4. The van der Waals surface area contributed by atoms with E-state index in [2.05, 4.69) is 36.3 Å². The van der Waals surface area contributed by atoms with Crippen molar-refractivity contribution in [1.29, 1.82) is 5.26 Å². The second-order valence-corrected chi connectivity index (χ2v) is 5.83. The van der Waals surface area contributed by atoms with Gasteiger partial charge in [-0.1, -0.05) is 35.5 Å². The molecule has 1 heterocycles. The van der Waals surface area contributed by atoms with Gasteiger partial charge < -0.3 is 4.52 Å². The van der Waals surface area contributed by atoms with Crippen LogP contribution in [0.2, 0.25) is 0 Å². The molecule has 3 heteroatoms. The van der Waals surface area contributed by atoms with Crippen molar-refractivity contribution < 1.29 is 4.52 Å². The van der Waals surface area contributed by atoms with Crippen LogP contribution in [0.25, 0.3) is 11.1 Å². The van der Waals surface area contributed by atoms with Crippen molar-refractivity contribution in [1.82, 2.24) is 5.16 Å². The maximum atomic E-state index is 8.89. The van der Waals surface area contributed by atoms with Crippen LogP contribution in [0.1, 0.15) is 33.7 Å². The summed E-state index contributed by atoms with van der Waals surface area (Å²) in [4.78, 5) is 0. The van der Waals surface area contributed by atoms with Gasteiger partial charge in [-0.25, -0.2) is 0 Å². The van der Waals surface area contributed by atoms with E-state index in [-0.39, 0.29) is 0 Å². The number of aryl methyl sites for hydroxylation is 3. The van der Waals surface area contributed by atoms with Gasteiger partial charge in [0.25, 0.3) is 0 Å². The van der Waals surface area contributed by atoms with Gasteiger partial charge in [-0.2, -0.15) is 5.26 Å². The van der Waals surface area contributed by atoms with Crippen LogP contribution in [0.3, 0.4) is 0 Å². The van der Waals surface area contributed by atoms with E-state index in [1.54, 1.807) is 0 Å². The highest BCUT2D eigenvalue weighted by Crippen LogP contribution is 2.29. The Bertz CT molecular complexity index is 863. The Morgan fingerprint density at radius 3 is 2.39 bits per heavy atom. The van der Waals surface area contributed by atoms with Crippen LogP contribution in [0.15, 0.2) is 47.0 Å². The second-order valence-electron chi connectivity index (χ2n) is 5.83. The van der Waals surface area contributed by atoms with E-state index in [4.69, 9.17) is 9.78 Å². The van der Waals surface area contributed by atoms with Gasteiger partial charge >= 0.3 is 0 Å². The Kier molecular flexibility index (Phi) is 3.99. The molecule has 0 saturated carbocycles. The molecule has 2 aromatic carbocycles.